The Balaban J connectivity index is 1.84. The minimum absolute atomic E-state index is 0.134. The number of likely N-dealkylation sites (N-methyl/N-ethyl adjacent to an activating group) is 1. The SMILES string of the molecule is CC1=CC(C)=N/C=C(/C(=O)Nc2cccc(C3(C)N=C(N)CN(C)C3=O)c2)CC1. The molecule has 0 saturated carbocycles. The predicted octanol–water partition coefficient (Wildman–Crippen LogP) is 2.75. The summed E-state index contributed by atoms with van der Waals surface area (Å²) in [6, 6.07) is 7.18. The summed E-state index contributed by atoms with van der Waals surface area (Å²) in [4.78, 5) is 35.9. The second kappa shape index (κ2) is 8.03. The Hall–Kier alpha value is -3.22. The van der Waals surface area contributed by atoms with Crippen molar-refractivity contribution in [1.82, 2.24) is 4.90 Å². The molecule has 0 aromatic heterocycles. The van der Waals surface area contributed by atoms with Gasteiger partial charge in [-0.05, 0) is 57.4 Å². The second-order valence-corrected chi connectivity index (χ2v) is 7.79. The smallest absolute Gasteiger partial charge is 0.255 e. The number of hydrogen-bond donors (Lipinski definition) is 2. The fourth-order valence-corrected chi connectivity index (χ4v) is 3.57. The van der Waals surface area contributed by atoms with E-state index < -0.39 is 5.54 Å². The molecular formula is C22H27N5O2. The topological polar surface area (TPSA) is 100 Å². The van der Waals surface area contributed by atoms with E-state index >= 15 is 0 Å². The number of nitrogens with zero attached hydrogens (tertiary/aromatic N) is 3. The number of allylic oxidation sites excluding steroid dienone is 2. The van der Waals surface area contributed by atoms with Gasteiger partial charge in [-0.15, -0.1) is 0 Å². The van der Waals surface area contributed by atoms with Gasteiger partial charge in [0.15, 0.2) is 5.54 Å². The van der Waals surface area contributed by atoms with Crippen LogP contribution < -0.4 is 11.1 Å². The summed E-state index contributed by atoms with van der Waals surface area (Å²) in [5.41, 5.74) is 8.77. The maximum absolute atomic E-state index is 12.8. The standard InChI is InChI=1S/C22H27N5O2/c1-14-8-9-16(12-24-15(2)10-14)20(28)25-18-7-5-6-17(11-18)22(3)21(29)27(4)13-19(23)26-22/h5-7,10-12H,8-9,13H2,1-4H3,(H2,23,26)(H,25,28)/b14-10?,16-12+,24-15?. The van der Waals surface area contributed by atoms with Gasteiger partial charge >= 0.3 is 0 Å². The molecule has 2 amide bonds. The van der Waals surface area contributed by atoms with Crippen LogP contribution in [0.15, 0.2) is 57.7 Å². The molecule has 0 spiro atoms. The summed E-state index contributed by atoms with van der Waals surface area (Å²) >= 11 is 0. The molecule has 1 aromatic rings. The van der Waals surface area contributed by atoms with Crippen molar-refractivity contribution in [2.24, 2.45) is 15.7 Å². The zero-order valence-corrected chi connectivity index (χ0v) is 17.3. The largest absolute Gasteiger partial charge is 0.386 e. The lowest BCUT2D eigenvalue weighted by atomic mass is 9.89. The number of carbonyl (C=O) groups is 2. The molecule has 0 aliphatic carbocycles. The van der Waals surface area contributed by atoms with Crippen molar-refractivity contribution in [3.8, 4) is 0 Å². The molecule has 0 radical (unpaired) electrons. The average molecular weight is 393 g/mol. The molecule has 1 unspecified atom stereocenters. The van der Waals surface area contributed by atoms with E-state index in [0.717, 1.165) is 12.1 Å². The summed E-state index contributed by atoms with van der Waals surface area (Å²) in [6.45, 7) is 6.00. The molecule has 2 heterocycles. The molecule has 29 heavy (non-hydrogen) atoms. The average Bonchev–Trinajstić information content (AvgIpc) is 2.64. The lowest BCUT2D eigenvalue weighted by Gasteiger charge is -2.34. The van der Waals surface area contributed by atoms with E-state index in [2.05, 4.69) is 15.3 Å². The maximum atomic E-state index is 12.8. The van der Waals surface area contributed by atoms with Crippen LogP contribution in [0.1, 0.15) is 39.2 Å². The third kappa shape index (κ3) is 4.45. The van der Waals surface area contributed by atoms with Crippen molar-refractivity contribution in [2.75, 3.05) is 18.9 Å². The van der Waals surface area contributed by atoms with E-state index in [-0.39, 0.29) is 11.8 Å². The van der Waals surface area contributed by atoms with Gasteiger partial charge in [0.05, 0.1) is 6.54 Å². The summed E-state index contributed by atoms with van der Waals surface area (Å²) in [5.74, 6) is 0.0685. The van der Waals surface area contributed by atoms with Gasteiger partial charge < -0.3 is 16.0 Å². The van der Waals surface area contributed by atoms with Crippen LogP contribution in [-0.2, 0) is 15.1 Å². The van der Waals surface area contributed by atoms with Crippen molar-refractivity contribution in [3.63, 3.8) is 0 Å². The summed E-state index contributed by atoms with van der Waals surface area (Å²) in [6.07, 6.45) is 5.08. The van der Waals surface area contributed by atoms with E-state index in [1.54, 1.807) is 43.3 Å². The molecule has 7 heteroatoms. The summed E-state index contributed by atoms with van der Waals surface area (Å²) < 4.78 is 0. The highest BCUT2D eigenvalue weighted by Crippen LogP contribution is 2.31. The van der Waals surface area contributed by atoms with Gasteiger partial charge in [0.2, 0.25) is 0 Å². The number of aliphatic imine (C=N–C) groups is 2. The van der Waals surface area contributed by atoms with Crippen LogP contribution in [0.2, 0.25) is 0 Å². The van der Waals surface area contributed by atoms with E-state index in [4.69, 9.17) is 5.73 Å². The second-order valence-electron chi connectivity index (χ2n) is 7.79. The number of benzene rings is 1. The van der Waals surface area contributed by atoms with Crippen molar-refractivity contribution in [3.05, 3.63) is 53.3 Å². The van der Waals surface area contributed by atoms with Gasteiger partial charge in [-0.2, -0.15) is 0 Å². The van der Waals surface area contributed by atoms with E-state index in [0.29, 0.717) is 35.6 Å². The van der Waals surface area contributed by atoms with Gasteiger partial charge in [0, 0.05) is 30.2 Å². The molecule has 3 rings (SSSR count). The maximum Gasteiger partial charge on any atom is 0.255 e. The summed E-state index contributed by atoms with van der Waals surface area (Å²) in [7, 11) is 1.70. The van der Waals surface area contributed by atoms with Gasteiger partial charge in [-0.25, -0.2) is 4.99 Å². The number of amidine groups is 1. The van der Waals surface area contributed by atoms with Crippen LogP contribution in [0.25, 0.3) is 0 Å². The fourth-order valence-electron chi connectivity index (χ4n) is 3.57. The first-order valence-electron chi connectivity index (χ1n) is 9.61. The lowest BCUT2D eigenvalue weighted by Crippen LogP contribution is -2.51. The first-order valence-corrected chi connectivity index (χ1v) is 9.61. The van der Waals surface area contributed by atoms with Crippen molar-refractivity contribution < 1.29 is 9.59 Å². The minimum atomic E-state index is -1.11. The zero-order chi connectivity index (χ0) is 21.2. The van der Waals surface area contributed by atoms with E-state index in [9.17, 15) is 9.59 Å². The van der Waals surface area contributed by atoms with Crippen molar-refractivity contribution in [2.45, 2.75) is 39.2 Å². The predicted molar refractivity (Wildman–Crippen MR) is 116 cm³/mol. The number of hydrogen-bond acceptors (Lipinski definition) is 5. The molecule has 1 atom stereocenters. The third-order valence-corrected chi connectivity index (χ3v) is 5.17. The van der Waals surface area contributed by atoms with Gasteiger partial charge in [-0.1, -0.05) is 17.7 Å². The molecule has 152 valence electrons. The van der Waals surface area contributed by atoms with Crippen molar-refractivity contribution in [1.29, 1.82) is 0 Å². The van der Waals surface area contributed by atoms with Crippen LogP contribution in [0, 0.1) is 0 Å². The molecule has 7 nitrogen and oxygen atoms in total. The Labute approximate surface area is 171 Å². The Morgan fingerprint density at radius 1 is 1.28 bits per heavy atom. The normalized spacial score (nSPS) is 24.4. The van der Waals surface area contributed by atoms with Gasteiger partial charge in [0.1, 0.15) is 5.84 Å². The Bertz CT molecular complexity index is 973. The highest BCUT2D eigenvalue weighted by molar-refractivity contribution is 6.04. The molecule has 3 N–H and O–H groups in total. The minimum Gasteiger partial charge on any atom is -0.386 e. The van der Waals surface area contributed by atoms with Crippen LogP contribution >= 0.6 is 0 Å². The van der Waals surface area contributed by atoms with E-state index in [1.165, 1.54) is 5.57 Å². The van der Waals surface area contributed by atoms with Crippen LogP contribution in [-0.4, -0.2) is 41.9 Å². The van der Waals surface area contributed by atoms with E-state index in [1.807, 2.05) is 26.0 Å². The first-order chi connectivity index (χ1) is 13.7. The highest BCUT2D eigenvalue weighted by Gasteiger charge is 2.40. The van der Waals surface area contributed by atoms with Gasteiger partial charge in [0.25, 0.3) is 11.8 Å². The zero-order valence-electron chi connectivity index (χ0n) is 17.3. The first kappa shape index (κ1) is 20.5. The number of nitrogens with two attached hydrogens (primary N) is 1. The Morgan fingerprint density at radius 2 is 2.03 bits per heavy atom. The molecule has 0 fully saturated rings. The monoisotopic (exact) mass is 393 g/mol. The number of amides is 2. The van der Waals surface area contributed by atoms with Crippen LogP contribution in [0.4, 0.5) is 5.69 Å². The molecule has 0 bridgehead atoms. The number of rotatable bonds is 3. The van der Waals surface area contributed by atoms with Crippen LogP contribution in [0.5, 0.6) is 0 Å². The summed E-state index contributed by atoms with van der Waals surface area (Å²) in [5, 5.41) is 2.92. The number of anilines is 1. The molecule has 0 saturated heterocycles. The number of nitrogens with one attached hydrogen (secondary N) is 1. The van der Waals surface area contributed by atoms with Crippen molar-refractivity contribution >= 4 is 29.0 Å². The molecule has 2 aliphatic heterocycles. The molecular weight excluding hydrogens is 366 g/mol. The Kier molecular flexibility index (Phi) is 5.68. The molecule has 2 aliphatic rings. The number of carbonyl (C=O) groups excluding carboxylic acids is 2. The van der Waals surface area contributed by atoms with Gasteiger partial charge in [-0.3, -0.25) is 14.6 Å². The Morgan fingerprint density at radius 3 is 2.79 bits per heavy atom. The quantitative estimate of drug-likeness (QED) is 0.826. The lowest BCUT2D eigenvalue weighted by molar-refractivity contribution is -0.135. The molecule has 1 aromatic carbocycles. The fraction of sp³-hybridized carbons (Fsp3) is 0.364. The van der Waals surface area contributed by atoms with Crippen LogP contribution in [0.3, 0.4) is 0 Å². The highest BCUT2D eigenvalue weighted by atomic mass is 16.2. The third-order valence-electron chi connectivity index (χ3n) is 5.17.